The Labute approximate surface area is 91.3 Å². The number of nitrogens with one attached hydrogen (secondary N) is 1. The molecule has 1 amide bonds. The summed E-state index contributed by atoms with van der Waals surface area (Å²) in [5.74, 6) is 0.0257. The Morgan fingerprint density at radius 3 is 2.73 bits per heavy atom. The Bertz CT molecular complexity index is 154. The molecule has 0 aliphatic carbocycles. The number of rotatable bonds is 10. The van der Waals surface area contributed by atoms with Crippen LogP contribution in [0.4, 0.5) is 0 Å². The number of unbranched alkanes of at least 4 members (excludes halogenated alkanes) is 1. The van der Waals surface area contributed by atoms with Crippen LogP contribution in [-0.2, 0) is 14.3 Å². The van der Waals surface area contributed by atoms with E-state index >= 15 is 0 Å². The van der Waals surface area contributed by atoms with Gasteiger partial charge in [0.2, 0.25) is 5.91 Å². The average Bonchev–Trinajstić information content (AvgIpc) is 2.22. The monoisotopic (exact) mass is 218 g/mol. The van der Waals surface area contributed by atoms with Crippen LogP contribution in [-0.4, -0.2) is 45.9 Å². The SMILES string of the molecule is COCCOCCCCNC(=O)CCN. The van der Waals surface area contributed by atoms with Crippen LogP contribution in [0, 0.1) is 0 Å². The van der Waals surface area contributed by atoms with Gasteiger partial charge in [-0.25, -0.2) is 0 Å². The van der Waals surface area contributed by atoms with E-state index in [1.807, 2.05) is 0 Å². The summed E-state index contributed by atoms with van der Waals surface area (Å²) in [7, 11) is 1.65. The molecule has 0 aliphatic rings. The van der Waals surface area contributed by atoms with Gasteiger partial charge >= 0.3 is 0 Å². The second-order valence-corrected chi connectivity index (χ2v) is 3.20. The van der Waals surface area contributed by atoms with Crippen molar-refractivity contribution in [3.63, 3.8) is 0 Å². The van der Waals surface area contributed by atoms with Crippen LogP contribution in [0.15, 0.2) is 0 Å². The third-order valence-corrected chi connectivity index (χ3v) is 1.84. The van der Waals surface area contributed by atoms with Gasteiger partial charge < -0.3 is 20.5 Å². The molecule has 0 aliphatic heterocycles. The Morgan fingerprint density at radius 2 is 2.07 bits per heavy atom. The van der Waals surface area contributed by atoms with Gasteiger partial charge in [0.25, 0.3) is 0 Å². The topological polar surface area (TPSA) is 73.6 Å². The van der Waals surface area contributed by atoms with Gasteiger partial charge in [0.1, 0.15) is 0 Å². The van der Waals surface area contributed by atoms with E-state index < -0.39 is 0 Å². The first kappa shape index (κ1) is 14.3. The van der Waals surface area contributed by atoms with Crippen molar-refractivity contribution in [2.24, 2.45) is 5.73 Å². The zero-order valence-corrected chi connectivity index (χ0v) is 9.46. The molecule has 0 atom stereocenters. The molecule has 0 fully saturated rings. The maximum Gasteiger partial charge on any atom is 0.221 e. The fourth-order valence-electron chi connectivity index (χ4n) is 1.02. The van der Waals surface area contributed by atoms with Crippen molar-refractivity contribution in [2.75, 3.05) is 40.0 Å². The van der Waals surface area contributed by atoms with E-state index in [0.29, 0.717) is 32.7 Å². The first-order valence-electron chi connectivity index (χ1n) is 5.34. The number of hydrogen-bond donors (Lipinski definition) is 2. The highest BCUT2D eigenvalue weighted by atomic mass is 16.5. The molecule has 0 spiro atoms. The lowest BCUT2D eigenvalue weighted by Gasteiger charge is -2.05. The first-order valence-corrected chi connectivity index (χ1v) is 5.34. The van der Waals surface area contributed by atoms with E-state index in [9.17, 15) is 4.79 Å². The van der Waals surface area contributed by atoms with Crippen LogP contribution in [0.3, 0.4) is 0 Å². The van der Waals surface area contributed by atoms with Crippen molar-refractivity contribution < 1.29 is 14.3 Å². The van der Waals surface area contributed by atoms with Crippen LogP contribution in [0.25, 0.3) is 0 Å². The molecule has 0 aromatic rings. The zero-order valence-electron chi connectivity index (χ0n) is 9.46. The van der Waals surface area contributed by atoms with Crippen molar-refractivity contribution in [1.29, 1.82) is 0 Å². The lowest BCUT2D eigenvalue weighted by atomic mass is 10.3. The van der Waals surface area contributed by atoms with Gasteiger partial charge in [-0.2, -0.15) is 0 Å². The molecule has 0 aromatic heterocycles. The second-order valence-electron chi connectivity index (χ2n) is 3.20. The summed E-state index contributed by atoms with van der Waals surface area (Å²) in [6, 6.07) is 0. The molecular formula is C10H22N2O3. The highest BCUT2D eigenvalue weighted by Crippen LogP contribution is 1.89. The smallest absolute Gasteiger partial charge is 0.221 e. The molecule has 0 radical (unpaired) electrons. The number of methoxy groups -OCH3 is 1. The number of carbonyl (C=O) groups is 1. The Morgan fingerprint density at radius 1 is 1.27 bits per heavy atom. The molecule has 90 valence electrons. The maximum absolute atomic E-state index is 11.0. The maximum atomic E-state index is 11.0. The predicted octanol–water partition coefficient (Wildman–Crippen LogP) is -0.105. The molecule has 0 saturated carbocycles. The molecule has 0 rings (SSSR count). The molecule has 15 heavy (non-hydrogen) atoms. The van der Waals surface area contributed by atoms with Crippen LogP contribution >= 0.6 is 0 Å². The summed E-state index contributed by atoms with van der Waals surface area (Å²) in [6.07, 6.45) is 2.29. The van der Waals surface area contributed by atoms with Crippen LogP contribution in [0.1, 0.15) is 19.3 Å². The number of carbonyl (C=O) groups excluding carboxylic acids is 1. The highest BCUT2D eigenvalue weighted by molar-refractivity contribution is 5.75. The summed E-state index contributed by atoms with van der Waals surface area (Å²) >= 11 is 0. The first-order chi connectivity index (χ1) is 7.31. The summed E-state index contributed by atoms with van der Waals surface area (Å²) in [5, 5.41) is 2.79. The van der Waals surface area contributed by atoms with Crippen LogP contribution in [0.2, 0.25) is 0 Å². The molecule has 5 nitrogen and oxygen atoms in total. The molecule has 0 aromatic carbocycles. The Balaban J connectivity index is 3.01. The quantitative estimate of drug-likeness (QED) is 0.502. The molecule has 3 N–H and O–H groups in total. The van der Waals surface area contributed by atoms with Crippen LogP contribution < -0.4 is 11.1 Å². The Hall–Kier alpha value is -0.650. The summed E-state index contributed by atoms with van der Waals surface area (Å²) in [6.45, 7) is 3.10. The third-order valence-electron chi connectivity index (χ3n) is 1.84. The minimum Gasteiger partial charge on any atom is -0.382 e. The van der Waals surface area contributed by atoms with E-state index in [1.54, 1.807) is 7.11 Å². The van der Waals surface area contributed by atoms with E-state index in [0.717, 1.165) is 19.4 Å². The van der Waals surface area contributed by atoms with E-state index in [4.69, 9.17) is 15.2 Å². The molecule has 0 unspecified atom stereocenters. The summed E-state index contributed by atoms with van der Waals surface area (Å²) < 4.78 is 10.1. The molecule has 5 heteroatoms. The highest BCUT2D eigenvalue weighted by Gasteiger charge is 1.97. The number of nitrogens with two attached hydrogens (primary N) is 1. The van der Waals surface area contributed by atoms with Crippen molar-refractivity contribution in [1.82, 2.24) is 5.32 Å². The van der Waals surface area contributed by atoms with Crippen molar-refractivity contribution >= 4 is 5.91 Å². The molecular weight excluding hydrogens is 196 g/mol. The van der Waals surface area contributed by atoms with Gasteiger partial charge in [-0.15, -0.1) is 0 Å². The zero-order chi connectivity index (χ0) is 11.4. The van der Waals surface area contributed by atoms with Gasteiger partial charge in [-0.3, -0.25) is 4.79 Å². The summed E-state index contributed by atoms with van der Waals surface area (Å²) in [5.41, 5.74) is 5.24. The van der Waals surface area contributed by atoms with E-state index in [1.165, 1.54) is 0 Å². The van der Waals surface area contributed by atoms with Gasteiger partial charge in [-0.1, -0.05) is 0 Å². The normalized spacial score (nSPS) is 10.3. The number of ether oxygens (including phenoxy) is 2. The number of amides is 1. The van der Waals surface area contributed by atoms with Gasteiger partial charge in [-0.05, 0) is 12.8 Å². The predicted molar refractivity (Wildman–Crippen MR) is 58.6 cm³/mol. The average molecular weight is 218 g/mol. The lowest BCUT2D eigenvalue weighted by molar-refractivity contribution is -0.120. The van der Waals surface area contributed by atoms with Crippen molar-refractivity contribution in [3.05, 3.63) is 0 Å². The fraction of sp³-hybridized carbons (Fsp3) is 0.900. The standard InChI is InChI=1S/C10H22N2O3/c1-14-8-9-15-7-3-2-6-12-10(13)4-5-11/h2-9,11H2,1H3,(H,12,13). The Kier molecular flexibility index (Phi) is 10.9. The second kappa shape index (κ2) is 11.4. The van der Waals surface area contributed by atoms with Gasteiger partial charge in [0.05, 0.1) is 13.2 Å². The van der Waals surface area contributed by atoms with Gasteiger partial charge in [0, 0.05) is 33.2 Å². The molecule has 0 bridgehead atoms. The third kappa shape index (κ3) is 11.3. The van der Waals surface area contributed by atoms with Crippen molar-refractivity contribution in [3.8, 4) is 0 Å². The molecule has 0 saturated heterocycles. The fourth-order valence-corrected chi connectivity index (χ4v) is 1.02. The van der Waals surface area contributed by atoms with E-state index in [2.05, 4.69) is 5.32 Å². The minimum atomic E-state index is 0.0257. The summed E-state index contributed by atoms with van der Waals surface area (Å²) in [4.78, 5) is 11.0. The largest absolute Gasteiger partial charge is 0.382 e. The van der Waals surface area contributed by atoms with Crippen LogP contribution in [0.5, 0.6) is 0 Å². The molecule has 0 heterocycles. The van der Waals surface area contributed by atoms with E-state index in [-0.39, 0.29) is 5.91 Å². The van der Waals surface area contributed by atoms with Gasteiger partial charge in [0.15, 0.2) is 0 Å². The van der Waals surface area contributed by atoms with Crippen molar-refractivity contribution in [2.45, 2.75) is 19.3 Å². The number of hydrogen-bond acceptors (Lipinski definition) is 4. The minimum absolute atomic E-state index is 0.0257. The lowest BCUT2D eigenvalue weighted by Crippen LogP contribution is -2.26.